The van der Waals surface area contributed by atoms with Crippen LogP contribution in [0.15, 0.2) is 36.5 Å². The van der Waals surface area contributed by atoms with Gasteiger partial charge in [-0.2, -0.15) is 0 Å². The maximum absolute atomic E-state index is 12.1. The third-order valence-electron chi connectivity index (χ3n) is 3.27. The first-order valence-electron chi connectivity index (χ1n) is 7.74. The first kappa shape index (κ1) is 20.8. The minimum absolute atomic E-state index is 0.0523. The van der Waals surface area contributed by atoms with Gasteiger partial charge in [-0.1, -0.05) is 19.7 Å². The summed E-state index contributed by atoms with van der Waals surface area (Å²) in [5, 5.41) is 2.70. The van der Waals surface area contributed by atoms with Crippen LogP contribution in [0, 0.1) is 0 Å². The summed E-state index contributed by atoms with van der Waals surface area (Å²) in [7, 11) is 0. The first-order valence-corrected chi connectivity index (χ1v) is 7.74. The highest BCUT2D eigenvalue weighted by Crippen LogP contribution is 2.06. The Morgan fingerprint density at radius 1 is 0.870 bits per heavy atom. The topological polar surface area (TPSA) is 66.5 Å². The second-order valence-electron chi connectivity index (χ2n) is 5.77. The van der Waals surface area contributed by atoms with Crippen molar-refractivity contribution in [2.24, 2.45) is 0 Å². The van der Waals surface area contributed by atoms with Gasteiger partial charge in [0.05, 0.1) is 0 Å². The van der Waals surface area contributed by atoms with Crippen molar-refractivity contribution in [1.29, 1.82) is 0 Å². The Hall–Kier alpha value is -2.17. The Morgan fingerprint density at radius 3 is 1.96 bits per heavy atom. The van der Waals surface area contributed by atoms with Crippen LogP contribution < -0.4 is 5.32 Å². The first-order chi connectivity index (χ1) is 10.7. The molecule has 23 heavy (non-hydrogen) atoms. The summed E-state index contributed by atoms with van der Waals surface area (Å²) in [4.78, 5) is 36.7. The van der Waals surface area contributed by atoms with Crippen LogP contribution >= 0.6 is 0 Å². The van der Waals surface area contributed by atoms with Gasteiger partial charge in [0.25, 0.3) is 0 Å². The quantitative estimate of drug-likeness (QED) is 0.469. The molecule has 1 N–H and O–H groups in total. The number of ketones is 1. The van der Waals surface area contributed by atoms with Crippen molar-refractivity contribution < 1.29 is 14.4 Å². The van der Waals surface area contributed by atoms with Crippen molar-refractivity contribution in [3.05, 3.63) is 36.5 Å². The van der Waals surface area contributed by atoms with Crippen LogP contribution in [-0.2, 0) is 14.4 Å². The molecule has 0 saturated heterocycles. The Balaban J connectivity index is 4.36. The van der Waals surface area contributed by atoms with Gasteiger partial charge in [0.2, 0.25) is 11.8 Å². The Kier molecular flexibility index (Phi) is 9.54. The van der Waals surface area contributed by atoms with Gasteiger partial charge >= 0.3 is 0 Å². The van der Waals surface area contributed by atoms with Gasteiger partial charge < -0.3 is 10.2 Å². The van der Waals surface area contributed by atoms with E-state index in [1.54, 1.807) is 25.7 Å². The summed E-state index contributed by atoms with van der Waals surface area (Å²) in [5.74, 6) is -0.308. The molecule has 0 aliphatic heterocycles. The Bertz CT molecular complexity index is 506. The number of hydrogen-bond acceptors (Lipinski definition) is 3. The van der Waals surface area contributed by atoms with Crippen LogP contribution in [0.2, 0.25) is 0 Å². The van der Waals surface area contributed by atoms with E-state index < -0.39 is 0 Å². The number of carbonyl (C=O) groups is 3. The standard InChI is InChI=1S/C18H28N2O3/c1-13(2)16(21)9-7-8-11-20(18(23)15(5)6)12-10-19-17(22)14(3)4/h1,3,5,7-12H2,2,4,6H3,(H,19,22). The van der Waals surface area contributed by atoms with Crippen molar-refractivity contribution in [2.45, 2.75) is 40.0 Å². The summed E-state index contributed by atoms with van der Waals surface area (Å²) in [5.41, 5.74) is 1.44. The lowest BCUT2D eigenvalue weighted by Gasteiger charge is -2.23. The van der Waals surface area contributed by atoms with Crippen molar-refractivity contribution in [3.63, 3.8) is 0 Å². The van der Waals surface area contributed by atoms with Gasteiger partial charge in [-0.3, -0.25) is 14.4 Å². The van der Waals surface area contributed by atoms with Crippen LogP contribution in [0.5, 0.6) is 0 Å². The molecule has 0 radical (unpaired) electrons. The smallest absolute Gasteiger partial charge is 0.248 e. The van der Waals surface area contributed by atoms with Crippen LogP contribution in [-0.4, -0.2) is 42.1 Å². The largest absolute Gasteiger partial charge is 0.351 e. The molecule has 5 nitrogen and oxygen atoms in total. The molecular weight excluding hydrogens is 292 g/mol. The molecule has 0 aromatic rings. The highest BCUT2D eigenvalue weighted by atomic mass is 16.2. The molecule has 0 aromatic heterocycles. The van der Waals surface area contributed by atoms with Crippen molar-refractivity contribution in [1.82, 2.24) is 10.2 Å². The molecule has 0 spiro atoms. The fourth-order valence-corrected chi connectivity index (χ4v) is 1.84. The molecule has 0 aromatic carbocycles. The van der Waals surface area contributed by atoms with E-state index in [0.717, 1.165) is 0 Å². The van der Waals surface area contributed by atoms with Gasteiger partial charge in [0.1, 0.15) is 0 Å². The molecule has 0 aliphatic rings. The van der Waals surface area contributed by atoms with Crippen LogP contribution in [0.4, 0.5) is 0 Å². The number of carbonyl (C=O) groups excluding carboxylic acids is 3. The third-order valence-corrected chi connectivity index (χ3v) is 3.27. The number of allylic oxidation sites excluding steroid dienone is 1. The predicted octanol–water partition coefficient (Wildman–Crippen LogP) is 2.40. The summed E-state index contributed by atoms with van der Waals surface area (Å²) in [6.45, 7) is 17.1. The summed E-state index contributed by atoms with van der Waals surface area (Å²) in [6, 6.07) is 0. The van der Waals surface area contributed by atoms with Crippen LogP contribution in [0.1, 0.15) is 40.0 Å². The molecule has 0 fully saturated rings. The molecule has 2 amide bonds. The second kappa shape index (κ2) is 10.5. The Morgan fingerprint density at radius 2 is 1.48 bits per heavy atom. The maximum atomic E-state index is 12.1. The number of amides is 2. The average Bonchev–Trinajstić information content (AvgIpc) is 2.47. The number of unbranched alkanes of at least 4 members (excludes halogenated alkanes) is 1. The number of hydrogen-bond donors (Lipinski definition) is 1. The summed E-state index contributed by atoms with van der Waals surface area (Å²) in [6.07, 6.45) is 1.85. The molecule has 0 rings (SSSR count). The molecule has 0 unspecified atom stereocenters. The lowest BCUT2D eigenvalue weighted by Crippen LogP contribution is -2.39. The van der Waals surface area contributed by atoms with E-state index in [4.69, 9.17) is 0 Å². The van der Waals surface area contributed by atoms with Gasteiger partial charge in [0.15, 0.2) is 5.78 Å². The van der Waals surface area contributed by atoms with E-state index in [0.29, 0.717) is 55.6 Å². The number of Topliss-reactive ketones (excluding diaryl/α,β-unsaturated/α-hetero) is 1. The highest BCUT2D eigenvalue weighted by Gasteiger charge is 2.14. The molecule has 5 heteroatoms. The molecular formula is C18H28N2O3. The number of nitrogens with zero attached hydrogens (tertiary/aromatic N) is 1. The predicted molar refractivity (Wildman–Crippen MR) is 92.9 cm³/mol. The van der Waals surface area contributed by atoms with Gasteiger partial charge in [-0.15, -0.1) is 0 Å². The lowest BCUT2D eigenvalue weighted by atomic mass is 10.1. The maximum Gasteiger partial charge on any atom is 0.248 e. The molecule has 0 bridgehead atoms. The van der Waals surface area contributed by atoms with Gasteiger partial charge in [0, 0.05) is 37.2 Å². The van der Waals surface area contributed by atoms with E-state index >= 15 is 0 Å². The van der Waals surface area contributed by atoms with Crippen LogP contribution in [0.25, 0.3) is 0 Å². The number of nitrogens with one attached hydrogen (secondary N) is 1. The minimum Gasteiger partial charge on any atom is -0.351 e. The average molecular weight is 320 g/mol. The zero-order chi connectivity index (χ0) is 18.0. The molecule has 0 atom stereocenters. The van der Waals surface area contributed by atoms with Crippen molar-refractivity contribution >= 4 is 17.6 Å². The van der Waals surface area contributed by atoms with Crippen LogP contribution in [0.3, 0.4) is 0 Å². The zero-order valence-electron chi connectivity index (χ0n) is 14.5. The van der Waals surface area contributed by atoms with Gasteiger partial charge in [-0.05, 0) is 39.2 Å². The number of rotatable bonds is 11. The third kappa shape index (κ3) is 8.76. The van der Waals surface area contributed by atoms with Gasteiger partial charge in [-0.25, -0.2) is 0 Å². The van der Waals surface area contributed by atoms with Crippen molar-refractivity contribution in [3.8, 4) is 0 Å². The minimum atomic E-state index is -0.222. The highest BCUT2D eigenvalue weighted by molar-refractivity contribution is 5.94. The van der Waals surface area contributed by atoms with E-state index in [2.05, 4.69) is 25.1 Å². The fourth-order valence-electron chi connectivity index (χ4n) is 1.84. The normalized spacial score (nSPS) is 9.87. The molecule has 0 heterocycles. The van der Waals surface area contributed by atoms with E-state index in [9.17, 15) is 14.4 Å². The van der Waals surface area contributed by atoms with Crippen molar-refractivity contribution in [2.75, 3.05) is 19.6 Å². The Labute approximate surface area is 139 Å². The second-order valence-corrected chi connectivity index (χ2v) is 5.77. The SMILES string of the molecule is C=C(C)C(=O)CCCCN(CCNC(=O)C(=C)C)C(=O)C(=C)C. The molecule has 128 valence electrons. The van der Waals surface area contributed by atoms with E-state index in [1.807, 2.05) is 0 Å². The van der Waals surface area contributed by atoms with E-state index in [-0.39, 0.29) is 17.6 Å². The lowest BCUT2D eigenvalue weighted by molar-refractivity contribution is -0.127. The molecule has 0 aliphatic carbocycles. The zero-order valence-corrected chi connectivity index (χ0v) is 14.5. The molecule has 0 saturated carbocycles. The summed E-state index contributed by atoms with van der Waals surface area (Å²) >= 11 is 0. The fraction of sp³-hybridized carbons (Fsp3) is 0.500. The summed E-state index contributed by atoms with van der Waals surface area (Å²) < 4.78 is 0. The monoisotopic (exact) mass is 320 g/mol. The van der Waals surface area contributed by atoms with E-state index in [1.165, 1.54) is 0 Å².